The van der Waals surface area contributed by atoms with Crippen LogP contribution in [0.15, 0.2) is 0 Å². The molecule has 12 nitrogen and oxygen atoms in total. The number of hydrogen-bond acceptors (Lipinski definition) is 8. The molecule has 44 heavy (non-hydrogen) atoms. The first-order chi connectivity index (χ1) is 20.4. The first-order valence-corrected chi connectivity index (χ1v) is 17.8. The molecule has 0 radical (unpaired) electrons. The van der Waals surface area contributed by atoms with E-state index < -0.39 is 39.2 Å². The van der Waals surface area contributed by atoms with Crippen molar-refractivity contribution in [1.82, 2.24) is 19.8 Å². The van der Waals surface area contributed by atoms with Crippen molar-refractivity contribution < 1.29 is 37.1 Å². The number of nitrogens with one attached hydrogen (secondary N) is 2. The Labute approximate surface area is 264 Å². The Morgan fingerprint density at radius 2 is 1.55 bits per heavy atom. The molecule has 2 atom stereocenters. The molecule has 0 aliphatic carbocycles. The van der Waals surface area contributed by atoms with E-state index in [0.717, 1.165) is 25.7 Å². The van der Waals surface area contributed by atoms with Crippen LogP contribution in [-0.2, 0) is 33.9 Å². The summed E-state index contributed by atoms with van der Waals surface area (Å²) in [5.41, 5.74) is -1.31. The van der Waals surface area contributed by atoms with Gasteiger partial charge in [-0.1, -0.05) is 13.3 Å². The molecule has 2 fully saturated rings. The van der Waals surface area contributed by atoms with E-state index in [-0.39, 0.29) is 43.2 Å². The molecule has 0 saturated carbocycles. The van der Waals surface area contributed by atoms with Gasteiger partial charge < -0.3 is 24.6 Å². The number of esters is 1. The van der Waals surface area contributed by atoms with Crippen molar-refractivity contribution in [2.45, 2.75) is 123 Å². The van der Waals surface area contributed by atoms with Gasteiger partial charge in [0.05, 0.1) is 11.7 Å². The zero-order valence-electron chi connectivity index (χ0n) is 27.9. The van der Waals surface area contributed by atoms with Gasteiger partial charge in [-0.3, -0.25) is 9.59 Å². The molecule has 2 heterocycles. The number of rotatable bonds is 13. The number of sulfonamides is 1. The van der Waals surface area contributed by atoms with E-state index >= 15 is 0 Å². The number of hydrogen-bond donors (Lipinski definition) is 2. The molecule has 2 saturated heterocycles. The quantitative estimate of drug-likeness (QED) is 0.289. The molecule has 0 bridgehead atoms. The fraction of sp³-hybridized carbons (Fsp3) is 0.871. The van der Waals surface area contributed by atoms with Crippen molar-refractivity contribution in [2.75, 3.05) is 38.5 Å². The Hall–Kier alpha value is -2.41. The van der Waals surface area contributed by atoms with Crippen molar-refractivity contribution in [1.29, 1.82) is 0 Å². The predicted molar refractivity (Wildman–Crippen MR) is 168 cm³/mol. The van der Waals surface area contributed by atoms with Crippen LogP contribution in [0.5, 0.6) is 0 Å². The normalized spacial score (nSPS) is 19.3. The SMILES string of the molecule is CCCCS(=O)(=O)NCC[C@H](NC(=O)[C@@H]1CCCN(C(=O)CCC2CCN(C(=O)OC(C)(C)C)CC2)C1)C(=O)OC(C)(C)C. The number of unbranched alkanes of at least 4 members (excludes halogenated alkanes) is 1. The highest BCUT2D eigenvalue weighted by Gasteiger charge is 2.33. The van der Waals surface area contributed by atoms with Gasteiger partial charge in [-0.25, -0.2) is 22.7 Å². The lowest BCUT2D eigenvalue weighted by molar-refractivity contribution is -0.159. The van der Waals surface area contributed by atoms with E-state index in [4.69, 9.17) is 9.47 Å². The Balaban J connectivity index is 1.88. The molecule has 3 amide bonds. The first-order valence-electron chi connectivity index (χ1n) is 16.2. The number of amides is 3. The minimum Gasteiger partial charge on any atom is -0.458 e. The summed E-state index contributed by atoms with van der Waals surface area (Å²) in [6.07, 6.45) is 5.03. The Bertz CT molecular complexity index is 1080. The van der Waals surface area contributed by atoms with Gasteiger partial charge in [0.1, 0.15) is 17.2 Å². The fourth-order valence-corrected chi connectivity index (χ4v) is 6.55. The average molecular weight is 645 g/mol. The van der Waals surface area contributed by atoms with Gasteiger partial charge >= 0.3 is 12.1 Å². The minimum absolute atomic E-state index is 0.00208. The number of likely N-dealkylation sites (tertiary alicyclic amines) is 2. The second kappa shape index (κ2) is 16.8. The van der Waals surface area contributed by atoms with E-state index in [2.05, 4.69) is 10.0 Å². The third-order valence-corrected chi connectivity index (χ3v) is 9.18. The maximum atomic E-state index is 13.3. The lowest BCUT2D eigenvalue weighted by atomic mass is 9.91. The number of ether oxygens (including phenoxy) is 2. The highest BCUT2D eigenvalue weighted by molar-refractivity contribution is 7.89. The van der Waals surface area contributed by atoms with Crippen molar-refractivity contribution in [2.24, 2.45) is 11.8 Å². The van der Waals surface area contributed by atoms with Crippen LogP contribution < -0.4 is 10.0 Å². The van der Waals surface area contributed by atoms with Crippen molar-refractivity contribution in [3.63, 3.8) is 0 Å². The second-order valence-electron chi connectivity index (χ2n) is 14.1. The summed E-state index contributed by atoms with van der Waals surface area (Å²) >= 11 is 0. The standard InChI is InChI=1S/C31H56N4O8S/c1-8-9-21-44(40,41)32-17-14-25(28(38)42-30(2,3)4)33-27(37)24-11-10-18-35(22-24)26(36)13-12-23-15-19-34(20-16-23)29(39)43-31(5,6)7/h23-25,32H,8-22H2,1-7H3,(H,33,37)/t24-,25+/m1/s1. The molecule has 254 valence electrons. The molecule has 13 heteroatoms. The first kappa shape index (κ1) is 37.8. The van der Waals surface area contributed by atoms with E-state index in [9.17, 15) is 27.6 Å². The summed E-state index contributed by atoms with van der Waals surface area (Å²) in [6, 6.07) is -1.02. The summed E-state index contributed by atoms with van der Waals surface area (Å²) in [5.74, 6) is -1.10. The third-order valence-electron chi connectivity index (χ3n) is 7.71. The molecule has 2 aliphatic heterocycles. The lowest BCUT2D eigenvalue weighted by Gasteiger charge is -2.35. The molecular weight excluding hydrogens is 588 g/mol. The molecule has 0 aromatic heterocycles. The van der Waals surface area contributed by atoms with E-state index in [0.29, 0.717) is 51.2 Å². The number of carbonyl (C=O) groups excluding carboxylic acids is 4. The summed E-state index contributed by atoms with van der Waals surface area (Å²) in [4.78, 5) is 55.1. The van der Waals surface area contributed by atoms with Gasteiger partial charge in [-0.2, -0.15) is 0 Å². The number of carbonyl (C=O) groups is 4. The second-order valence-corrected chi connectivity index (χ2v) is 16.0. The summed E-state index contributed by atoms with van der Waals surface area (Å²) in [6.45, 7) is 14.7. The van der Waals surface area contributed by atoms with E-state index in [1.165, 1.54) is 0 Å². The fourth-order valence-electron chi connectivity index (χ4n) is 5.31. The maximum Gasteiger partial charge on any atom is 0.410 e. The number of piperidine rings is 2. The van der Waals surface area contributed by atoms with Gasteiger partial charge in [-0.15, -0.1) is 0 Å². The van der Waals surface area contributed by atoms with Crippen LogP contribution in [0, 0.1) is 11.8 Å². The molecule has 0 aromatic carbocycles. The summed E-state index contributed by atoms with van der Waals surface area (Å²) < 4.78 is 37.9. The van der Waals surface area contributed by atoms with Crippen molar-refractivity contribution >= 4 is 33.9 Å². The lowest BCUT2D eigenvalue weighted by Crippen LogP contribution is -2.51. The Kier molecular flexibility index (Phi) is 14.4. The molecule has 2 N–H and O–H groups in total. The van der Waals surface area contributed by atoms with Crippen LogP contribution in [0.25, 0.3) is 0 Å². The van der Waals surface area contributed by atoms with E-state index in [1.54, 1.807) is 30.6 Å². The monoisotopic (exact) mass is 644 g/mol. The van der Waals surface area contributed by atoms with Gasteiger partial charge in [0.15, 0.2) is 0 Å². The smallest absolute Gasteiger partial charge is 0.410 e. The highest BCUT2D eigenvalue weighted by Crippen LogP contribution is 2.25. The predicted octanol–water partition coefficient (Wildman–Crippen LogP) is 3.59. The van der Waals surface area contributed by atoms with Crippen molar-refractivity contribution in [3.05, 3.63) is 0 Å². The van der Waals surface area contributed by atoms with Gasteiger partial charge in [0.25, 0.3) is 0 Å². The molecule has 2 rings (SSSR count). The van der Waals surface area contributed by atoms with Crippen LogP contribution in [0.3, 0.4) is 0 Å². The maximum absolute atomic E-state index is 13.3. The average Bonchev–Trinajstić information content (AvgIpc) is 2.92. The molecule has 2 aliphatic rings. The molecular formula is C31H56N4O8S. The van der Waals surface area contributed by atoms with Gasteiger partial charge in [-0.05, 0) is 92.4 Å². The zero-order chi connectivity index (χ0) is 33.1. The van der Waals surface area contributed by atoms with Crippen LogP contribution in [0.4, 0.5) is 4.79 Å². The molecule has 0 unspecified atom stereocenters. The largest absolute Gasteiger partial charge is 0.458 e. The van der Waals surface area contributed by atoms with Gasteiger partial charge in [0, 0.05) is 39.1 Å². The minimum atomic E-state index is -3.48. The van der Waals surface area contributed by atoms with Crippen LogP contribution >= 0.6 is 0 Å². The van der Waals surface area contributed by atoms with Crippen LogP contribution in [-0.4, -0.2) is 97.8 Å². The van der Waals surface area contributed by atoms with Crippen LogP contribution in [0.2, 0.25) is 0 Å². The number of nitrogens with zero attached hydrogens (tertiary/aromatic N) is 2. The van der Waals surface area contributed by atoms with Crippen LogP contribution in [0.1, 0.15) is 106 Å². The van der Waals surface area contributed by atoms with E-state index in [1.807, 2.05) is 27.7 Å². The Morgan fingerprint density at radius 3 is 2.14 bits per heavy atom. The summed E-state index contributed by atoms with van der Waals surface area (Å²) in [5, 5.41) is 2.78. The zero-order valence-corrected chi connectivity index (χ0v) is 28.7. The Morgan fingerprint density at radius 1 is 0.909 bits per heavy atom. The molecule has 0 aromatic rings. The summed E-state index contributed by atoms with van der Waals surface area (Å²) in [7, 11) is -3.48. The third kappa shape index (κ3) is 14.1. The topological polar surface area (TPSA) is 151 Å². The highest BCUT2D eigenvalue weighted by atomic mass is 32.2. The van der Waals surface area contributed by atoms with Crippen molar-refractivity contribution in [3.8, 4) is 0 Å². The van der Waals surface area contributed by atoms with Gasteiger partial charge in [0.2, 0.25) is 21.8 Å². The molecule has 0 spiro atoms.